The quantitative estimate of drug-likeness (QED) is 0.428. The van der Waals surface area contributed by atoms with Crippen LogP contribution in [0.4, 0.5) is 4.79 Å². The van der Waals surface area contributed by atoms with Crippen molar-refractivity contribution in [3.63, 3.8) is 0 Å². The molecule has 1 aliphatic rings. The van der Waals surface area contributed by atoms with Crippen molar-refractivity contribution in [2.24, 2.45) is 0 Å². The van der Waals surface area contributed by atoms with Crippen LogP contribution in [0.1, 0.15) is 17.1 Å². The predicted octanol–water partition coefficient (Wildman–Crippen LogP) is 4.71. The number of oxazole rings is 1. The molecule has 0 aliphatic carbocycles. The van der Waals surface area contributed by atoms with Gasteiger partial charge in [0.05, 0.1) is 29.4 Å². The number of hydrogen-bond donors (Lipinski definition) is 1. The number of carbonyl (C=O) groups excluding carboxylic acids is 2. The SMILES string of the molecule is Cc1oc(-c2ccccc2)nc1CCOc1cnc(CC2SC(=O)NC2=O)c2ccccc12. The van der Waals surface area contributed by atoms with Gasteiger partial charge in [0.15, 0.2) is 0 Å². The molecular weight excluding hydrogens is 438 g/mol. The lowest BCUT2D eigenvalue weighted by atomic mass is 10.1. The van der Waals surface area contributed by atoms with Crippen LogP contribution in [0.5, 0.6) is 5.75 Å². The van der Waals surface area contributed by atoms with Gasteiger partial charge in [-0.1, -0.05) is 54.2 Å². The van der Waals surface area contributed by atoms with Crippen molar-refractivity contribution in [3.05, 3.63) is 77.9 Å². The number of aryl methyl sites for hydroxylation is 1. The van der Waals surface area contributed by atoms with Gasteiger partial charge >= 0.3 is 0 Å². The normalized spacial score (nSPS) is 15.7. The van der Waals surface area contributed by atoms with E-state index in [9.17, 15) is 9.59 Å². The zero-order valence-electron chi connectivity index (χ0n) is 17.9. The molecule has 33 heavy (non-hydrogen) atoms. The van der Waals surface area contributed by atoms with Crippen LogP contribution in [0.15, 0.2) is 65.2 Å². The predicted molar refractivity (Wildman–Crippen MR) is 126 cm³/mol. The van der Waals surface area contributed by atoms with Crippen molar-refractivity contribution < 1.29 is 18.7 Å². The van der Waals surface area contributed by atoms with Gasteiger partial charge in [-0.3, -0.25) is 19.9 Å². The summed E-state index contributed by atoms with van der Waals surface area (Å²) in [7, 11) is 0. The second kappa shape index (κ2) is 9.07. The van der Waals surface area contributed by atoms with E-state index >= 15 is 0 Å². The third kappa shape index (κ3) is 4.47. The number of aromatic nitrogens is 2. The number of amides is 2. The van der Waals surface area contributed by atoms with Crippen molar-refractivity contribution in [3.8, 4) is 17.2 Å². The maximum absolute atomic E-state index is 12.0. The highest BCUT2D eigenvalue weighted by molar-refractivity contribution is 8.15. The van der Waals surface area contributed by atoms with Crippen LogP contribution in [-0.2, 0) is 17.6 Å². The Morgan fingerprint density at radius 3 is 2.55 bits per heavy atom. The van der Waals surface area contributed by atoms with Crippen molar-refractivity contribution in [2.75, 3.05) is 6.61 Å². The minimum absolute atomic E-state index is 0.269. The van der Waals surface area contributed by atoms with E-state index in [-0.39, 0.29) is 11.1 Å². The van der Waals surface area contributed by atoms with Crippen LogP contribution in [0, 0.1) is 6.92 Å². The van der Waals surface area contributed by atoms with Gasteiger partial charge in [0.25, 0.3) is 5.24 Å². The number of benzene rings is 2. The zero-order valence-corrected chi connectivity index (χ0v) is 18.7. The number of pyridine rings is 1. The van der Waals surface area contributed by atoms with Gasteiger partial charge in [-0.2, -0.15) is 0 Å². The molecule has 1 atom stereocenters. The number of nitrogens with one attached hydrogen (secondary N) is 1. The average molecular weight is 460 g/mol. The Kier molecular flexibility index (Phi) is 5.83. The van der Waals surface area contributed by atoms with Crippen molar-refractivity contribution >= 4 is 33.7 Å². The maximum Gasteiger partial charge on any atom is 0.286 e. The summed E-state index contributed by atoms with van der Waals surface area (Å²) in [6, 6.07) is 17.6. The molecule has 1 unspecified atom stereocenters. The first-order valence-corrected chi connectivity index (χ1v) is 11.5. The highest BCUT2D eigenvalue weighted by Gasteiger charge is 2.32. The number of fused-ring (bicyclic) bond motifs is 1. The molecular formula is C25H21N3O4S. The van der Waals surface area contributed by atoms with Crippen LogP contribution >= 0.6 is 11.8 Å². The lowest BCUT2D eigenvalue weighted by Gasteiger charge is -2.12. The summed E-state index contributed by atoms with van der Waals surface area (Å²) in [6.45, 7) is 2.32. The number of imide groups is 1. The Balaban J connectivity index is 1.31. The fourth-order valence-corrected chi connectivity index (χ4v) is 4.65. The molecule has 2 aromatic heterocycles. The molecule has 4 aromatic rings. The van der Waals surface area contributed by atoms with E-state index in [1.54, 1.807) is 6.20 Å². The molecule has 0 saturated carbocycles. The molecule has 8 heteroatoms. The van der Waals surface area contributed by atoms with Crippen molar-refractivity contribution in [2.45, 2.75) is 25.0 Å². The Morgan fingerprint density at radius 1 is 1.03 bits per heavy atom. The maximum atomic E-state index is 12.0. The van der Waals surface area contributed by atoms with Gasteiger partial charge in [-0.15, -0.1) is 0 Å². The highest BCUT2D eigenvalue weighted by atomic mass is 32.2. The fraction of sp³-hybridized carbons (Fsp3) is 0.200. The Labute approximate surface area is 194 Å². The molecule has 1 saturated heterocycles. The number of rotatable bonds is 7. The van der Waals surface area contributed by atoms with Crippen molar-refractivity contribution in [1.82, 2.24) is 15.3 Å². The topological polar surface area (TPSA) is 94.3 Å². The number of hydrogen-bond acceptors (Lipinski definition) is 7. The van der Waals surface area contributed by atoms with E-state index in [4.69, 9.17) is 9.15 Å². The van der Waals surface area contributed by atoms with Gasteiger partial charge in [0, 0.05) is 29.2 Å². The number of carbonyl (C=O) groups is 2. The van der Waals surface area contributed by atoms with Crippen LogP contribution in [0.2, 0.25) is 0 Å². The lowest BCUT2D eigenvalue weighted by molar-refractivity contribution is -0.118. The minimum Gasteiger partial charge on any atom is -0.491 e. The molecule has 1 aliphatic heterocycles. The molecule has 2 aromatic carbocycles. The Hall–Kier alpha value is -3.65. The van der Waals surface area contributed by atoms with Crippen LogP contribution < -0.4 is 10.1 Å². The van der Waals surface area contributed by atoms with Gasteiger partial charge in [-0.25, -0.2) is 4.98 Å². The number of ether oxygens (including phenoxy) is 1. The van der Waals surface area contributed by atoms with E-state index in [1.807, 2.05) is 61.5 Å². The Morgan fingerprint density at radius 2 is 1.79 bits per heavy atom. The van der Waals surface area contributed by atoms with Gasteiger partial charge in [0.1, 0.15) is 11.5 Å². The first-order chi connectivity index (χ1) is 16.1. The third-order valence-corrected chi connectivity index (χ3v) is 6.48. The summed E-state index contributed by atoms with van der Waals surface area (Å²) in [6.07, 6.45) is 2.66. The van der Waals surface area contributed by atoms with Gasteiger partial charge < -0.3 is 9.15 Å². The third-order valence-electron chi connectivity index (χ3n) is 5.50. The first-order valence-electron chi connectivity index (χ1n) is 10.6. The second-order valence-electron chi connectivity index (χ2n) is 7.69. The van der Waals surface area contributed by atoms with Crippen LogP contribution in [0.25, 0.3) is 22.2 Å². The van der Waals surface area contributed by atoms with E-state index in [0.717, 1.165) is 45.2 Å². The number of thioether (sulfide) groups is 1. The molecule has 3 heterocycles. The zero-order chi connectivity index (χ0) is 22.8. The molecule has 7 nitrogen and oxygen atoms in total. The molecule has 1 N–H and O–H groups in total. The average Bonchev–Trinajstić information content (AvgIpc) is 3.36. The molecule has 5 rings (SSSR count). The fourth-order valence-electron chi connectivity index (χ4n) is 3.83. The van der Waals surface area contributed by atoms with Crippen molar-refractivity contribution in [1.29, 1.82) is 0 Å². The molecule has 0 spiro atoms. The van der Waals surface area contributed by atoms with Crippen LogP contribution in [0.3, 0.4) is 0 Å². The summed E-state index contributed by atoms with van der Waals surface area (Å²) in [4.78, 5) is 32.6. The van der Waals surface area contributed by atoms with Gasteiger partial charge in [0.2, 0.25) is 11.8 Å². The van der Waals surface area contributed by atoms with Gasteiger partial charge in [-0.05, 0) is 19.1 Å². The monoisotopic (exact) mass is 459 g/mol. The van der Waals surface area contributed by atoms with E-state index < -0.39 is 5.25 Å². The van der Waals surface area contributed by atoms with E-state index in [1.165, 1.54) is 0 Å². The highest BCUT2D eigenvalue weighted by Crippen LogP contribution is 2.30. The summed E-state index contributed by atoms with van der Waals surface area (Å²) in [5, 5.41) is 3.37. The number of nitrogens with zero attached hydrogens (tertiary/aromatic N) is 2. The molecule has 0 radical (unpaired) electrons. The van der Waals surface area contributed by atoms with E-state index in [2.05, 4.69) is 15.3 Å². The standard InChI is InChI=1S/C25H21N3O4S/c1-15-19(27-24(32-15)16-7-3-2-4-8-16)11-12-31-21-14-26-20(17-9-5-6-10-18(17)21)13-22-23(29)28-25(30)33-22/h2-10,14,22H,11-13H2,1H3,(H,28,29,30). The van der Waals surface area contributed by atoms with E-state index in [0.29, 0.717) is 31.1 Å². The smallest absolute Gasteiger partial charge is 0.286 e. The van der Waals surface area contributed by atoms with Crippen LogP contribution in [-0.4, -0.2) is 33.0 Å². The minimum atomic E-state index is -0.464. The summed E-state index contributed by atoms with van der Waals surface area (Å²) in [5.74, 6) is 1.77. The molecule has 0 bridgehead atoms. The molecule has 166 valence electrons. The molecule has 2 amide bonds. The lowest BCUT2D eigenvalue weighted by Crippen LogP contribution is -2.25. The summed E-state index contributed by atoms with van der Waals surface area (Å²) >= 11 is 1.01. The second-order valence-corrected chi connectivity index (χ2v) is 8.86. The summed E-state index contributed by atoms with van der Waals surface area (Å²) < 4.78 is 11.9. The summed E-state index contributed by atoms with van der Waals surface area (Å²) in [5.41, 5.74) is 2.56. The molecule has 1 fully saturated rings. The Bertz CT molecular complexity index is 1340. The largest absolute Gasteiger partial charge is 0.491 e. The first kappa shape index (κ1) is 21.2.